The number of nitrogens with zero attached hydrogens (tertiary/aromatic N) is 2. The van der Waals surface area contributed by atoms with E-state index < -0.39 is 17.4 Å². The Kier molecular flexibility index (Phi) is 10.0. The zero-order valence-electron chi connectivity index (χ0n) is 25.9. The highest BCUT2D eigenvalue weighted by Crippen LogP contribution is 2.26. The summed E-state index contributed by atoms with van der Waals surface area (Å²) in [6, 6.07) is 20.5. The fraction of sp³-hybridized carbons (Fsp3) is 0.257. The Morgan fingerprint density at radius 1 is 0.891 bits per heavy atom. The van der Waals surface area contributed by atoms with Crippen LogP contribution in [0.2, 0.25) is 0 Å². The monoisotopic (exact) mass is 625 g/mol. The smallest absolute Gasteiger partial charge is 0.275 e. The van der Waals surface area contributed by atoms with Crippen LogP contribution >= 0.6 is 0 Å². The van der Waals surface area contributed by atoms with E-state index in [1.54, 1.807) is 69.6 Å². The first-order chi connectivity index (χ1) is 22.2. The number of hydrogen-bond acceptors (Lipinski definition) is 7. The Morgan fingerprint density at radius 3 is 2.33 bits per heavy atom. The van der Waals surface area contributed by atoms with E-state index >= 15 is 0 Å². The van der Waals surface area contributed by atoms with Gasteiger partial charge in [-0.1, -0.05) is 12.1 Å². The summed E-state index contributed by atoms with van der Waals surface area (Å²) in [5.41, 5.74) is 3.34. The minimum Gasteiger partial charge on any atom is -0.378 e. The van der Waals surface area contributed by atoms with E-state index in [2.05, 4.69) is 20.9 Å². The van der Waals surface area contributed by atoms with Gasteiger partial charge in [-0.2, -0.15) is 0 Å². The summed E-state index contributed by atoms with van der Waals surface area (Å²) in [5.74, 6) is -1.38. The molecule has 3 aromatic carbocycles. The van der Waals surface area contributed by atoms with Crippen molar-refractivity contribution in [3.05, 3.63) is 117 Å². The number of rotatable bonds is 10. The molecule has 1 aromatic heterocycles. The number of aromatic nitrogens is 1. The Morgan fingerprint density at radius 2 is 1.63 bits per heavy atom. The predicted octanol–water partition coefficient (Wildman–Crippen LogP) is 3.68. The number of ketones is 1. The maximum atomic E-state index is 14.1. The molecule has 0 radical (unpaired) electrons. The number of ether oxygens (including phenoxy) is 1. The lowest BCUT2D eigenvalue weighted by molar-refractivity contribution is -0.117. The topological polar surface area (TPSA) is 122 Å². The molecule has 1 saturated heterocycles. The number of morpholine rings is 1. The molecule has 0 spiro atoms. The molecule has 0 unspecified atom stereocenters. The van der Waals surface area contributed by atoms with Crippen molar-refractivity contribution in [2.75, 3.05) is 50.6 Å². The summed E-state index contributed by atoms with van der Waals surface area (Å²) in [4.78, 5) is 55.0. The van der Waals surface area contributed by atoms with Gasteiger partial charge in [-0.05, 0) is 91.8 Å². The molecule has 0 bridgehead atoms. The summed E-state index contributed by atoms with van der Waals surface area (Å²) in [6.45, 7) is 4.04. The van der Waals surface area contributed by atoms with E-state index in [4.69, 9.17) is 4.74 Å². The molecule has 2 heterocycles. The minimum absolute atomic E-state index is 0.0472. The normalized spacial score (nSPS) is 13.6. The van der Waals surface area contributed by atoms with Gasteiger partial charge in [0.25, 0.3) is 11.5 Å². The third-order valence-electron chi connectivity index (χ3n) is 7.97. The summed E-state index contributed by atoms with van der Waals surface area (Å²) in [6.07, 6.45) is 0. The number of halogens is 1. The molecule has 3 N–H and O–H groups in total. The molecular formula is C35H36FN5O5. The maximum Gasteiger partial charge on any atom is 0.275 e. The van der Waals surface area contributed by atoms with Crippen LogP contribution in [0.15, 0.2) is 83.7 Å². The quantitative estimate of drug-likeness (QED) is 0.230. The van der Waals surface area contributed by atoms with Crippen molar-refractivity contribution < 1.29 is 23.5 Å². The molecule has 46 heavy (non-hydrogen) atoms. The van der Waals surface area contributed by atoms with Gasteiger partial charge >= 0.3 is 0 Å². The number of likely N-dealkylation sites (N-methyl/N-ethyl adjacent to an activating group) is 1. The third-order valence-corrected chi connectivity index (χ3v) is 7.97. The first-order valence-electron chi connectivity index (χ1n) is 15.0. The molecule has 1 fully saturated rings. The van der Waals surface area contributed by atoms with E-state index in [0.29, 0.717) is 59.8 Å². The number of amides is 2. The van der Waals surface area contributed by atoms with Gasteiger partial charge < -0.3 is 30.2 Å². The molecule has 4 aromatic rings. The van der Waals surface area contributed by atoms with Gasteiger partial charge in [0.05, 0.1) is 31.5 Å². The average Bonchev–Trinajstić information content (AvgIpc) is 3.09. The number of carbonyl (C=O) groups is 3. The second-order valence-electron chi connectivity index (χ2n) is 11.0. The lowest BCUT2D eigenvalue weighted by Gasteiger charge is -2.29. The largest absolute Gasteiger partial charge is 0.378 e. The van der Waals surface area contributed by atoms with E-state index in [0.717, 1.165) is 5.69 Å². The molecular weight excluding hydrogens is 589 g/mol. The van der Waals surface area contributed by atoms with Crippen LogP contribution < -0.4 is 26.4 Å². The molecule has 5 rings (SSSR count). The summed E-state index contributed by atoms with van der Waals surface area (Å²) in [5, 5.41) is 8.20. The zero-order valence-corrected chi connectivity index (χ0v) is 25.9. The van der Waals surface area contributed by atoms with Crippen LogP contribution in [0.5, 0.6) is 0 Å². The highest BCUT2D eigenvalue weighted by molar-refractivity contribution is 6.09. The van der Waals surface area contributed by atoms with Gasteiger partial charge in [0.1, 0.15) is 11.5 Å². The van der Waals surface area contributed by atoms with Crippen molar-refractivity contribution in [2.45, 2.75) is 19.5 Å². The summed E-state index contributed by atoms with van der Waals surface area (Å²) < 4.78 is 20.7. The SMILES string of the molecule is CNC(=O)c1cccc(-c2ccc(NC(=O)[C@@H](C)NC)c(=O)n2Cc2cc(C(=O)c3ccc(F)cc3)cc(N3CCOCC3)c2)c1. The number of carbonyl (C=O) groups excluding carboxylic acids is 3. The average molecular weight is 626 g/mol. The number of benzene rings is 3. The zero-order chi connectivity index (χ0) is 32.8. The molecule has 2 amide bonds. The van der Waals surface area contributed by atoms with Crippen LogP contribution in [0.3, 0.4) is 0 Å². The second kappa shape index (κ2) is 14.3. The Balaban J connectivity index is 1.64. The molecule has 11 heteroatoms. The molecule has 0 aliphatic carbocycles. The van der Waals surface area contributed by atoms with Crippen LogP contribution in [0.1, 0.15) is 38.8 Å². The third kappa shape index (κ3) is 7.22. The Hall–Kier alpha value is -5.13. The van der Waals surface area contributed by atoms with Crippen molar-refractivity contribution >= 4 is 29.0 Å². The molecule has 0 saturated carbocycles. The first-order valence-corrected chi connectivity index (χ1v) is 15.0. The van der Waals surface area contributed by atoms with Gasteiger partial charge in [0, 0.05) is 42.5 Å². The standard InChI is InChI=1S/C35H36FN5O5/c1-22(37-2)33(43)39-30-11-12-31(25-5-4-6-26(19-25)34(44)38-3)41(35(30)45)21-23-17-27(32(42)24-7-9-28(36)10-8-24)20-29(18-23)40-13-15-46-16-14-40/h4-12,17-20,22,37H,13-16,21H2,1-3H3,(H,38,44)(H,39,43)/t22-/m1/s1. The van der Waals surface area contributed by atoms with Crippen LogP contribution in [0.4, 0.5) is 15.8 Å². The van der Waals surface area contributed by atoms with Gasteiger partial charge in [-0.15, -0.1) is 0 Å². The van der Waals surface area contributed by atoms with Crippen molar-refractivity contribution in [1.29, 1.82) is 0 Å². The maximum absolute atomic E-state index is 14.1. The molecule has 238 valence electrons. The van der Waals surface area contributed by atoms with Crippen LogP contribution in [0, 0.1) is 5.82 Å². The summed E-state index contributed by atoms with van der Waals surface area (Å²) >= 11 is 0. The molecule has 1 atom stereocenters. The fourth-order valence-electron chi connectivity index (χ4n) is 5.27. The van der Waals surface area contributed by atoms with Crippen LogP contribution in [0.25, 0.3) is 11.3 Å². The van der Waals surface area contributed by atoms with E-state index in [1.807, 2.05) is 6.07 Å². The Bertz CT molecular complexity index is 1820. The number of pyridine rings is 1. The highest BCUT2D eigenvalue weighted by Gasteiger charge is 2.20. The summed E-state index contributed by atoms with van der Waals surface area (Å²) in [7, 11) is 3.19. The number of nitrogens with one attached hydrogen (secondary N) is 3. The molecule has 10 nitrogen and oxygen atoms in total. The van der Waals surface area contributed by atoms with Gasteiger partial charge in [0.2, 0.25) is 5.91 Å². The fourth-order valence-corrected chi connectivity index (χ4v) is 5.27. The van der Waals surface area contributed by atoms with Crippen LogP contribution in [-0.4, -0.2) is 68.6 Å². The number of anilines is 2. The van der Waals surface area contributed by atoms with Gasteiger partial charge in [-0.25, -0.2) is 4.39 Å². The van der Waals surface area contributed by atoms with Crippen LogP contribution in [-0.2, 0) is 16.1 Å². The first kappa shape index (κ1) is 32.3. The van der Waals surface area contributed by atoms with Crippen molar-refractivity contribution in [3.63, 3.8) is 0 Å². The van der Waals surface area contributed by atoms with Crippen molar-refractivity contribution in [1.82, 2.24) is 15.2 Å². The second-order valence-corrected chi connectivity index (χ2v) is 11.0. The van der Waals surface area contributed by atoms with E-state index in [-0.39, 0.29) is 29.8 Å². The van der Waals surface area contributed by atoms with Gasteiger partial charge in [0.15, 0.2) is 5.78 Å². The van der Waals surface area contributed by atoms with E-state index in [1.165, 1.54) is 28.8 Å². The van der Waals surface area contributed by atoms with Crippen molar-refractivity contribution in [3.8, 4) is 11.3 Å². The Labute approximate surface area is 266 Å². The van der Waals surface area contributed by atoms with E-state index in [9.17, 15) is 23.6 Å². The minimum atomic E-state index is -0.540. The molecule has 1 aliphatic heterocycles. The number of hydrogen-bond donors (Lipinski definition) is 3. The highest BCUT2D eigenvalue weighted by atomic mass is 19.1. The lowest BCUT2D eigenvalue weighted by Crippen LogP contribution is -2.37. The lowest BCUT2D eigenvalue weighted by atomic mass is 9.99. The van der Waals surface area contributed by atoms with Crippen molar-refractivity contribution in [2.24, 2.45) is 0 Å². The molecule has 1 aliphatic rings. The predicted molar refractivity (Wildman–Crippen MR) is 175 cm³/mol. The van der Waals surface area contributed by atoms with Gasteiger partial charge in [-0.3, -0.25) is 19.2 Å².